The largest absolute Gasteiger partial charge is 0.396 e. The molecular formula is C25H30N6O2. The molecule has 33 heavy (non-hydrogen) atoms. The van der Waals surface area contributed by atoms with Crippen LogP contribution in [-0.2, 0) is 11.8 Å². The van der Waals surface area contributed by atoms with Gasteiger partial charge in [-0.25, -0.2) is 9.97 Å². The van der Waals surface area contributed by atoms with Gasteiger partial charge in [-0.15, -0.1) is 0 Å². The van der Waals surface area contributed by atoms with Crippen LogP contribution in [0.2, 0.25) is 0 Å². The molecule has 0 aliphatic carbocycles. The van der Waals surface area contributed by atoms with Crippen molar-refractivity contribution in [1.29, 1.82) is 0 Å². The second-order valence-corrected chi connectivity index (χ2v) is 8.42. The molecular weight excluding hydrogens is 416 g/mol. The van der Waals surface area contributed by atoms with E-state index in [1.54, 1.807) is 11.8 Å². The third-order valence-electron chi connectivity index (χ3n) is 5.85. The topological polar surface area (TPSA) is 90.9 Å². The first kappa shape index (κ1) is 22.8. The Morgan fingerprint density at radius 3 is 2.33 bits per heavy atom. The third kappa shape index (κ3) is 5.53. The molecule has 172 valence electrons. The maximum absolute atomic E-state index is 9.45. The third-order valence-corrected chi connectivity index (χ3v) is 5.85. The van der Waals surface area contributed by atoms with E-state index in [-0.39, 0.29) is 18.6 Å². The number of aliphatic hydroxyl groups excluding tert-OH is 1. The summed E-state index contributed by atoms with van der Waals surface area (Å²) in [6.07, 6.45) is 13.2. The molecule has 0 bridgehead atoms. The van der Waals surface area contributed by atoms with Crippen molar-refractivity contribution in [2.45, 2.75) is 25.8 Å². The van der Waals surface area contributed by atoms with E-state index in [4.69, 9.17) is 4.74 Å². The van der Waals surface area contributed by atoms with Gasteiger partial charge in [0, 0.05) is 79.8 Å². The number of methoxy groups -OCH3 is 1. The van der Waals surface area contributed by atoms with Gasteiger partial charge in [-0.2, -0.15) is 10.2 Å². The summed E-state index contributed by atoms with van der Waals surface area (Å²) in [5, 5.41) is 18.2. The van der Waals surface area contributed by atoms with Gasteiger partial charge in [0.2, 0.25) is 0 Å². The molecule has 0 fully saturated rings. The van der Waals surface area contributed by atoms with Crippen LogP contribution in [-0.4, -0.2) is 55.0 Å². The van der Waals surface area contributed by atoms with E-state index in [1.165, 1.54) is 0 Å². The van der Waals surface area contributed by atoms with E-state index in [0.717, 1.165) is 40.7 Å². The van der Waals surface area contributed by atoms with Crippen LogP contribution in [0.1, 0.15) is 25.8 Å². The highest BCUT2D eigenvalue weighted by atomic mass is 16.5. The average Bonchev–Trinajstić information content (AvgIpc) is 3.51. The highest BCUT2D eigenvalue weighted by Crippen LogP contribution is 2.26. The van der Waals surface area contributed by atoms with Crippen LogP contribution in [0.15, 0.2) is 61.4 Å². The molecule has 1 aromatic carbocycles. The van der Waals surface area contributed by atoms with E-state index < -0.39 is 0 Å². The van der Waals surface area contributed by atoms with Gasteiger partial charge < -0.3 is 9.84 Å². The van der Waals surface area contributed by atoms with Crippen molar-refractivity contribution in [3.63, 3.8) is 0 Å². The molecule has 8 heteroatoms. The van der Waals surface area contributed by atoms with Gasteiger partial charge >= 0.3 is 0 Å². The van der Waals surface area contributed by atoms with Crippen molar-refractivity contribution < 1.29 is 9.84 Å². The molecule has 0 radical (unpaired) electrons. The maximum atomic E-state index is 9.45. The van der Waals surface area contributed by atoms with Crippen molar-refractivity contribution in [2.75, 3.05) is 20.3 Å². The predicted octanol–water partition coefficient (Wildman–Crippen LogP) is 4.00. The molecule has 2 atom stereocenters. The Bertz CT molecular complexity index is 1170. The minimum atomic E-state index is 0.139. The first-order chi connectivity index (χ1) is 16.1. The Morgan fingerprint density at radius 1 is 0.909 bits per heavy atom. The lowest BCUT2D eigenvalue weighted by atomic mass is 10.0. The monoisotopic (exact) mass is 446 g/mol. The number of rotatable bonds is 10. The molecule has 8 nitrogen and oxygen atoms in total. The Kier molecular flexibility index (Phi) is 7.26. The van der Waals surface area contributed by atoms with E-state index in [9.17, 15) is 5.11 Å². The lowest BCUT2D eigenvalue weighted by Crippen LogP contribution is -2.15. The molecule has 0 saturated heterocycles. The van der Waals surface area contributed by atoms with Crippen LogP contribution < -0.4 is 0 Å². The lowest BCUT2D eigenvalue weighted by molar-refractivity contribution is 0.101. The first-order valence-corrected chi connectivity index (χ1v) is 11.1. The van der Waals surface area contributed by atoms with Crippen LogP contribution in [0.5, 0.6) is 0 Å². The normalized spacial score (nSPS) is 13.2. The summed E-state index contributed by atoms with van der Waals surface area (Å²) < 4.78 is 8.92. The van der Waals surface area contributed by atoms with Crippen LogP contribution >= 0.6 is 0 Å². The molecule has 3 heterocycles. The summed E-state index contributed by atoms with van der Waals surface area (Å²) in [7, 11) is 3.57. The van der Waals surface area contributed by atoms with E-state index >= 15 is 0 Å². The molecule has 0 unspecified atom stereocenters. The zero-order valence-electron chi connectivity index (χ0n) is 19.3. The van der Waals surface area contributed by atoms with Gasteiger partial charge in [0.1, 0.15) is 0 Å². The van der Waals surface area contributed by atoms with Crippen LogP contribution in [0.3, 0.4) is 0 Å². The number of aryl methyl sites for hydroxylation is 1. The second kappa shape index (κ2) is 10.5. The van der Waals surface area contributed by atoms with Crippen molar-refractivity contribution in [2.24, 2.45) is 13.0 Å². The minimum absolute atomic E-state index is 0.139. The summed E-state index contributed by atoms with van der Waals surface area (Å²) in [5.74, 6) is 0.837. The quantitative estimate of drug-likeness (QED) is 0.396. The molecule has 0 amide bonds. The van der Waals surface area contributed by atoms with Gasteiger partial charge in [0.05, 0.1) is 19.0 Å². The fourth-order valence-electron chi connectivity index (χ4n) is 3.83. The number of hydrogen-bond donors (Lipinski definition) is 1. The van der Waals surface area contributed by atoms with Gasteiger partial charge in [-0.05, 0) is 31.4 Å². The van der Waals surface area contributed by atoms with Crippen LogP contribution in [0.25, 0.3) is 33.6 Å². The Hall–Kier alpha value is -3.36. The standard InChI is InChI=1S/C25H30N6O2/c1-18(7-8-19(16-32)17-33-3)31-15-24(13-29-31)22-10-26-25(27-11-22)21-6-4-5-20(9-21)23-12-28-30(2)14-23/h4-6,9-15,18-19,32H,7-8,16-17H2,1-3H3/t18-,19-/m0/s1. The number of benzene rings is 1. The lowest BCUT2D eigenvalue weighted by Gasteiger charge is -2.17. The minimum Gasteiger partial charge on any atom is -0.396 e. The number of aliphatic hydroxyl groups is 1. The average molecular weight is 447 g/mol. The second-order valence-electron chi connectivity index (χ2n) is 8.42. The summed E-state index contributed by atoms with van der Waals surface area (Å²) in [4.78, 5) is 9.20. The van der Waals surface area contributed by atoms with E-state index in [0.29, 0.717) is 12.4 Å². The van der Waals surface area contributed by atoms with E-state index in [1.807, 2.05) is 61.0 Å². The van der Waals surface area contributed by atoms with Gasteiger partial charge in [-0.3, -0.25) is 9.36 Å². The van der Waals surface area contributed by atoms with Crippen molar-refractivity contribution in [1.82, 2.24) is 29.5 Å². The summed E-state index contributed by atoms with van der Waals surface area (Å²) in [6.45, 7) is 2.84. The molecule has 1 N–H and O–H groups in total. The van der Waals surface area contributed by atoms with Crippen LogP contribution in [0, 0.1) is 5.92 Å². The van der Waals surface area contributed by atoms with Gasteiger partial charge in [-0.1, -0.05) is 18.2 Å². The van der Waals surface area contributed by atoms with Crippen molar-refractivity contribution in [3.8, 4) is 33.6 Å². The molecule has 4 rings (SSSR count). The Morgan fingerprint density at radius 2 is 1.64 bits per heavy atom. The van der Waals surface area contributed by atoms with Gasteiger partial charge in [0.15, 0.2) is 5.82 Å². The molecule has 0 saturated carbocycles. The zero-order chi connectivity index (χ0) is 23.2. The fraction of sp³-hybridized carbons (Fsp3) is 0.360. The Labute approximate surface area is 193 Å². The van der Waals surface area contributed by atoms with Crippen LogP contribution in [0.4, 0.5) is 0 Å². The number of hydrogen-bond acceptors (Lipinski definition) is 6. The van der Waals surface area contributed by atoms with Gasteiger partial charge in [0.25, 0.3) is 0 Å². The predicted molar refractivity (Wildman–Crippen MR) is 127 cm³/mol. The van der Waals surface area contributed by atoms with E-state index in [2.05, 4.69) is 39.2 Å². The summed E-state index contributed by atoms with van der Waals surface area (Å²) in [5.41, 5.74) is 5.01. The molecule has 0 aliphatic rings. The molecule has 3 aromatic heterocycles. The highest BCUT2D eigenvalue weighted by molar-refractivity contribution is 5.70. The summed E-state index contributed by atoms with van der Waals surface area (Å²) >= 11 is 0. The number of ether oxygens (including phenoxy) is 1. The SMILES string of the molecule is COC[C@H](CO)CC[C@H](C)n1cc(-c2cnc(-c3cccc(-c4cnn(C)c4)c3)nc2)cn1. The number of nitrogens with zero attached hydrogens (tertiary/aromatic N) is 6. The molecule has 4 aromatic rings. The fourth-order valence-corrected chi connectivity index (χ4v) is 3.83. The Balaban J connectivity index is 1.44. The smallest absolute Gasteiger partial charge is 0.159 e. The number of aromatic nitrogens is 6. The summed E-state index contributed by atoms with van der Waals surface area (Å²) in [6, 6.07) is 8.38. The highest BCUT2D eigenvalue weighted by Gasteiger charge is 2.13. The molecule has 0 aliphatic heterocycles. The van der Waals surface area contributed by atoms with Crippen molar-refractivity contribution in [3.05, 3.63) is 61.4 Å². The maximum Gasteiger partial charge on any atom is 0.159 e. The molecule has 0 spiro atoms. The zero-order valence-corrected chi connectivity index (χ0v) is 19.3. The van der Waals surface area contributed by atoms with Crippen molar-refractivity contribution >= 4 is 0 Å². The first-order valence-electron chi connectivity index (χ1n) is 11.1.